The van der Waals surface area contributed by atoms with Crippen LogP contribution in [-0.2, 0) is 14.3 Å². The van der Waals surface area contributed by atoms with Gasteiger partial charge < -0.3 is 9.47 Å². The first kappa shape index (κ1) is 13.9. The first-order valence-electron chi connectivity index (χ1n) is 5.10. The Morgan fingerprint density at radius 3 is 2.64 bits per heavy atom. The van der Waals surface area contributed by atoms with Crippen molar-refractivity contribution in [3.63, 3.8) is 0 Å². The molecule has 0 fully saturated rings. The van der Waals surface area contributed by atoms with Gasteiger partial charge in [-0.2, -0.15) is 0 Å². The zero-order valence-electron chi connectivity index (χ0n) is 8.76. The number of rotatable bonds is 9. The highest BCUT2D eigenvalue weighted by Crippen LogP contribution is 2.02. The first-order chi connectivity index (χ1) is 6.81. The number of hydrogen-bond donors (Lipinski definition) is 0. The Morgan fingerprint density at radius 1 is 1.21 bits per heavy atom. The van der Waals surface area contributed by atoms with Crippen molar-refractivity contribution in [1.29, 1.82) is 0 Å². The Bertz CT molecular complexity index is 125. The van der Waals surface area contributed by atoms with Crippen LogP contribution in [0.25, 0.3) is 0 Å². The van der Waals surface area contributed by atoms with Gasteiger partial charge in [0, 0.05) is 18.4 Å². The van der Waals surface area contributed by atoms with E-state index in [0.717, 1.165) is 24.6 Å². The molecule has 0 spiro atoms. The summed E-state index contributed by atoms with van der Waals surface area (Å²) >= 11 is 3.34. The fraction of sp³-hybridized carbons (Fsp3) is 0.900. The van der Waals surface area contributed by atoms with E-state index >= 15 is 0 Å². The Labute approximate surface area is 94.3 Å². The molecular weight excluding hydrogens is 248 g/mol. The summed E-state index contributed by atoms with van der Waals surface area (Å²) in [6.07, 6.45) is 3.64. The second-order valence-corrected chi connectivity index (χ2v) is 3.71. The van der Waals surface area contributed by atoms with Gasteiger partial charge in [0.15, 0.2) is 0 Å². The third kappa shape index (κ3) is 9.99. The van der Waals surface area contributed by atoms with E-state index in [1.54, 1.807) is 0 Å². The molecule has 0 aliphatic heterocycles. The summed E-state index contributed by atoms with van der Waals surface area (Å²) in [7, 11) is 0. The van der Waals surface area contributed by atoms with E-state index in [1.165, 1.54) is 0 Å². The van der Waals surface area contributed by atoms with Crippen LogP contribution in [0.1, 0.15) is 32.6 Å². The number of alkyl halides is 1. The second kappa shape index (κ2) is 11.0. The van der Waals surface area contributed by atoms with Gasteiger partial charge in [0.05, 0.1) is 6.61 Å². The minimum atomic E-state index is -0.112. The molecule has 14 heavy (non-hydrogen) atoms. The number of esters is 1. The Balaban J connectivity index is 3.11. The number of carbonyl (C=O) groups is 1. The number of halogens is 1. The molecule has 0 aliphatic carbocycles. The molecule has 0 atom stereocenters. The quantitative estimate of drug-likeness (QED) is 0.366. The van der Waals surface area contributed by atoms with Crippen LogP contribution < -0.4 is 0 Å². The average Bonchev–Trinajstić information content (AvgIpc) is 2.19. The summed E-state index contributed by atoms with van der Waals surface area (Å²) in [6, 6.07) is 0. The molecule has 0 N–H and O–H groups in total. The zero-order chi connectivity index (χ0) is 10.6. The maximum Gasteiger partial charge on any atom is 0.305 e. The van der Waals surface area contributed by atoms with Crippen LogP contribution in [0.4, 0.5) is 0 Å². The van der Waals surface area contributed by atoms with Crippen LogP contribution in [0.2, 0.25) is 0 Å². The standard InChI is InChI=1S/C10H19BrO3/c1-2-13-8-9-14-10(12)6-4-3-5-7-11/h2-9H2,1H3. The number of unbranched alkanes of at least 4 members (excludes halogenated alkanes) is 2. The molecule has 3 nitrogen and oxygen atoms in total. The molecule has 0 bridgehead atoms. The van der Waals surface area contributed by atoms with E-state index in [4.69, 9.17) is 9.47 Å². The van der Waals surface area contributed by atoms with Crippen molar-refractivity contribution in [2.45, 2.75) is 32.6 Å². The largest absolute Gasteiger partial charge is 0.463 e. The third-order valence-corrected chi connectivity index (χ3v) is 2.27. The molecule has 0 aromatic carbocycles. The monoisotopic (exact) mass is 266 g/mol. The van der Waals surface area contributed by atoms with E-state index in [9.17, 15) is 4.79 Å². The van der Waals surface area contributed by atoms with Crippen LogP contribution in [0.15, 0.2) is 0 Å². The van der Waals surface area contributed by atoms with Crippen molar-refractivity contribution in [3.8, 4) is 0 Å². The molecule has 4 heteroatoms. The van der Waals surface area contributed by atoms with Gasteiger partial charge in [0.1, 0.15) is 6.61 Å². The highest BCUT2D eigenvalue weighted by Gasteiger charge is 2.01. The average molecular weight is 267 g/mol. The molecule has 0 amide bonds. The molecule has 0 rings (SSSR count). The van der Waals surface area contributed by atoms with Crippen LogP contribution in [-0.4, -0.2) is 31.1 Å². The van der Waals surface area contributed by atoms with Crippen molar-refractivity contribution in [3.05, 3.63) is 0 Å². The number of ether oxygens (including phenoxy) is 2. The van der Waals surface area contributed by atoms with Crippen molar-refractivity contribution < 1.29 is 14.3 Å². The molecule has 0 unspecified atom stereocenters. The van der Waals surface area contributed by atoms with Crippen LogP contribution >= 0.6 is 15.9 Å². The Hall–Kier alpha value is -0.0900. The van der Waals surface area contributed by atoms with E-state index < -0.39 is 0 Å². The topological polar surface area (TPSA) is 35.5 Å². The van der Waals surface area contributed by atoms with Crippen molar-refractivity contribution in [2.75, 3.05) is 25.2 Å². The van der Waals surface area contributed by atoms with Crippen molar-refractivity contribution in [1.82, 2.24) is 0 Å². The Morgan fingerprint density at radius 2 is 2.00 bits per heavy atom. The highest BCUT2D eigenvalue weighted by atomic mass is 79.9. The molecule has 0 aliphatic rings. The summed E-state index contributed by atoms with van der Waals surface area (Å²) in [5.41, 5.74) is 0. The first-order valence-corrected chi connectivity index (χ1v) is 6.22. The smallest absolute Gasteiger partial charge is 0.305 e. The molecule has 0 aromatic rings. The third-order valence-electron chi connectivity index (χ3n) is 1.71. The maximum atomic E-state index is 11.1. The van der Waals surface area contributed by atoms with Gasteiger partial charge in [-0.3, -0.25) is 4.79 Å². The Kier molecular flexibility index (Phi) is 10.9. The second-order valence-electron chi connectivity index (χ2n) is 2.92. The van der Waals surface area contributed by atoms with E-state index in [-0.39, 0.29) is 5.97 Å². The zero-order valence-corrected chi connectivity index (χ0v) is 10.3. The molecule has 0 saturated carbocycles. The molecule has 0 aromatic heterocycles. The van der Waals surface area contributed by atoms with Crippen LogP contribution in [0, 0.1) is 0 Å². The number of hydrogen-bond acceptors (Lipinski definition) is 3. The molecule has 0 heterocycles. The van der Waals surface area contributed by atoms with Crippen molar-refractivity contribution >= 4 is 21.9 Å². The predicted octanol–water partition coefficient (Wildman–Crippen LogP) is 2.52. The van der Waals surface area contributed by atoms with E-state index in [0.29, 0.717) is 26.2 Å². The van der Waals surface area contributed by atoms with Gasteiger partial charge in [-0.15, -0.1) is 0 Å². The minimum absolute atomic E-state index is 0.112. The normalized spacial score (nSPS) is 10.1. The number of carbonyl (C=O) groups excluding carboxylic acids is 1. The summed E-state index contributed by atoms with van der Waals surface area (Å²) in [6.45, 7) is 3.47. The van der Waals surface area contributed by atoms with Crippen LogP contribution in [0.3, 0.4) is 0 Å². The molecule has 0 radical (unpaired) electrons. The maximum absolute atomic E-state index is 11.1. The lowest BCUT2D eigenvalue weighted by atomic mass is 10.2. The van der Waals surface area contributed by atoms with Gasteiger partial charge in [0.25, 0.3) is 0 Å². The van der Waals surface area contributed by atoms with Gasteiger partial charge in [0.2, 0.25) is 0 Å². The van der Waals surface area contributed by atoms with E-state index in [2.05, 4.69) is 15.9 Å². The van der Waals surface area contributed by atoms with Gasteiger partial charge >= 0.3 is 5.97 Å². The predicted molar refractivity (Wildman–Crippen MR) is 59.7 cm³/mol. The fourth-order valence-corrected chi connectivity index (χ4v) is 1.37. The lowest BCUT2D eigenvalue weighted by molar-refractivity contribution is -0.145. The van der Waals surface area contributed by atoms with Crippen LogP contribution in [0.5, 0.6) is 0 Å². The van der Waals surface area contributed by atoms with Gasteiger partial charge in [-0.05, 0) is 19.8 Å². The lowest BCUT2D eigenvalue weighted by Gasteiger charge is -2.04. The van der Waals surface area contributed by atoms with Crippen molar-refractivity contribution in [2.24, 2.45) is 0 Å². The molecule has 0 saturated heterocycles. The highest BCUT2D eigenvalue weighted by molar-refractivity contribution is 9.09. The lowest BCUT2D eigenvalue weighted by Crippen LogP contribution is -2.10. The summed E-state index contributed by atoms with van der Waals surface area (Å²) in [5, 5.41) is 1.01. The SMILES string of the molecule is CCOCCOC(=O)CCCCCBr. The molecular formula is C10H19BrO3. The fourth-order valence-electron chi connectivity index (χ4n) is 0.972. The summed E-state index contributed by atoms with van der Waals surface area (Å²) in [5.74, 6) is -0.112. The van der Waals surface area contributed by atoms with Gasteiger partial charge in [-0.1, -0.05) is 22.4 Å². The molecule has 84 valence electrons. The summed E-state index contributed by atoms with van der Waals surface area (Å²) < 4.78 is 9.99. The minimum Gasteiger partial charge on any atom is -0.463 e. The van der Waals surface area contributed by atoms with E-state index in [1.807, 2.05) is 6.92 Å². The van der Waals surface area contributed by atoms with Gasteiger partial charge in [-0.25, -0.2) is 0 Å². The summed E-state index contributed by atoms with van der Waals surface area (Å²) in [4.78, 5) is 11.1.